The molecule has 0 bridgehead atoms. The summed E-state index contributed by atoms with van der Waals surface area (Å²) in [6, 6.07) is 2.74. The molecule has 14 heavy (non-hydrogen) atoms. The van der Waals surface area contributed by atoms with Gasteiger partial charge < -0.3 is 10.3 Å². The number of nitrogens with zero attached hydrogens (tertiary/aromatic N) is 1. The second-order valence-electron chi connectivity index (χ2n) is 3.95. The van der Waals surface area contributed by atoms with Crippen LogP contribution < -0.4 is 5.32 Å². The minimum Gasteiger partial charge on any atom is -0.346 e. The highest BCUT2D eigenvalue weighted by molar-refractivity contribution is 5.80. The molecule has 0 aliphatic carbocycles. The van der Waals surface area contributed by atoms with E-state index in [1.165, 1.54) is 22.9 Å². The van der Waals surface area contributed by atoms with Crippen molar-refractivity contribution in [1.82, 2.24) is 15.3 Å². The number of hydrogen-bond donors (Lipinski definition) is 2. The van der Waals surface area contributed by atoms with Gasteiger partial charge in [-0.3, -0.25) is 0 Å². The first kappa shape index (κ1) is 8.00. The minimum atomic E-state index is 0.535. The lowest BCUT2D eigenvalue weighted by Gasteiger charge is -2.27. The third kappa shape index (κ3) is 1.06. The summed E-state index contributed by atoms with van der Waals surface area (Å²) in [5.74, 6) is 0. The molecule has 2 aromatic rings. The Bertz CT molecular complexity index is 468. The third-order valence-corrected chi connectivity index (χ3v) is 2.90. The van der Waals surface area contributed by atoms with E-state index in [2.05, 4.69) is 34.5 Å². The van der Waals surface area contributed by atoms with Crippen LogP contribution in [0.4, 0.5) is 0 Å². The summed E-state index contributed by atoms with van der Waals surface area (Å²) in [5.41, 5.74) is 3.58. The zero-order valence-corrected chi connectivity index (χ0v) is 8.17. The molecule has 3 rings (SSSR count). The van der Waals surface area contributed by atoms with E-state index in [1.807, 2.05) is 6.20 Å². The molecule has 3 nitrogen and oxygen atoms in total. The van der Waals surface area contributed by atoms with E-state index in [1.54, 1.807) is 0 Å². The summed E-state index contributed by atoms with van der Waals surface area (Å²) >= 11 is 0. The van der Waals surface area contributed by atoms with Crippen molar-refractivity contribution >= 4 is 11.0 Å². The molecule has 2 aromatic heterocycles. The molecule has 1 fully saturated rings. The highest BCUT2D eigenvalue weighted by Gasteiger charge is 2.21. The van der Waals surface area contributed by atoms with E-state index in [0.717, 1.165) is 12.2 Å². The van der Waals surface area contributed by atoms with Gasteiger partial charge >= 0.3 is 0 Å². The molecule has 0 unspecified atom stereocenters. The van der Waals surface area contributed by atoms with Crippen LogP contribution in [-0.4, -0.2) is 16.5 Å². The van der Waals surface area contributed by atoms with Gasteiger partial charge in [-0.15, -0.1) is 0 Å². The summed E-state index contributed by atoms with van der Waals surface area (Å²) in [5, 5.41) is 4.68. The first-order chi connectivity index (χ1) is 6.84. The second kappa shape index (κ2) is 2.82. The highest BCUT2D eigenvalue weighted by Crippen LogP contribution is 2.29. The maximum absolute atomic E-state index is 4.36. The van der Waals surface area contributed by atoms with Crippen LogP contribution in [0.2, 0.25) is 0 Å². The van der Waals surface area contributed by atoms with Gasteiger partial charge in [0.2, 0.25) is 0 Å². The summed E-state index contributed by atoms with van der Waals surface area (Å²) in [6.07, 6.45) is 5.21. The van der Waals surface area contributed by atoms with Gasteiger partial charge in [-0.2, -0.15) is 0 Å². The van der Waals surface area contributed by atoms with Crippen LogP contribution in [-0.2, 0) is 0 Å². The van der Waals surface area contributed by atoms with Crippen LogP contribution in [0.3, 0.4) is 0 Å². The van der Waals surface area contributed by atoms with Gasteiger partial charge in [0.25, 0.3) is 0 Å². The maximum Gasteiger partial charge on any atom is 0.137 e. The topological polar surface area (TPSA) is 40.7 Å². The molecule has 0 radical (unpaired) electrons. The zero-order chi connectivity index (χ0) is 9.54. The van der Waals surface area contributed by atoms with Crippen LogP contribution in [0, 0.1) is 6.92 Å². The fourth-order valence-corrected chi connectivity index (χ4v) is 1.97. The fraction of sp³-hybridized carbons (Fsp3) is 0.364. The first-order valence-corrected chi connectivity index (χ1v) is 5.01. The molecule has 1 aliphatic rings. The molecule has 1 saturated heterocycles. The number of pyridine rings is 1. The predicted octanol–water partition coefficient (Wildman–Crippen LogP) is 1.91. The van der Waals surface area contributed by atoms with Crippen molar-refractivity contribution in [1.29, 1.82) is 0 Å². The highest BCUT2D eigenvalue weighted by atomic mass is 15.0. The van der Waals surface area contributed by atoms with E-state index >= 15 is 0 Å². The summed E-state index contributed by atoms with van der Waals surface area (Å²) < 4.78 is 0. The Hall–Kier alpha value is -1.35. The van der Waals surface area contributed by atoms with E-state index < -0.39 is 0 Å². The Balaban J connectivity index is 2.18. The lowest BCUT2D eigenvalue weighted by Crippen LogP contribution is -2.34. The standard InChI is InChI=1S/C11H13N3/c1-7-4-8-9(10-2-3-12-10)6-14-11(8)13-5-7/h4-6,10,12H,2-3H2,1H3,(H,13,14)/t10-/m1/s1. The number of hydrogen-bond acceptors (Lipinski definition) is 2. The molecular weight excluding hydrogens is 174 g/mol. The van der Waals surface area contributed by atoms with Crippen LogP contribution in [0.5, 0.6) is 0 Å². The van der Waals surface area contributed by atoms with Crippen LogP contribution in [0.1, 0.15) is 23.6 Å². The van der Waals surface area contributed by atoms with Crippen molar-refractivity contribution in [3.8, 4) is 0 Å². The van der Waals surface area contributed by atoms with Gasteiger partial charge in [0, 0.05) is 23.8 Å². The van der Waals surface area contributed by atoms with Gasteiger partial charge in [0.05, 0.1) is 0 Å². The number of nitrogens with one attached hydrogen (secondary N) is 2. The Morgan fingerprint density at radius 3 is 3.07 bits per heavy atom. The molecule has 0 amide bonds. The zero-order valence-electron chi connectivity index (χ0n) is 8.17. The lowest BCUT2D eigenvalue weighted by atomic mass is 9.98. The van der Waals surface area contributed by atoms with Crippen molar-refractivity contribution in [3.05, 3.63) is 29.6 Å². The lowest BCUT2D eigenvalue weighted by molar-refractivity contribution is 0.385. The fourth-order valence-electron chi connectivity index (χ4n) is 1.97. The van der Waals surface area contributed by atoms with Crippen molar-refractivity contribution in [2.45, 2.75) is 19.4 Å². The number of aromatic amines is 1. The van der Waals surface area contributed by atoms with Crippen LogP contribution in [0.15, 0.2) is 18.5 Å². The van der Waals surface area contributed by atoms with Crippen molar-refractivity contribution in [2.24, 2.45) is 0 Å². The average molecular weight is 187 g/mol. The quantitative estimate of drug-likeness (QED) is 0.716. The molecule has 0 spiro atoms. The summed E-state index contributed by atoms with van der Waals surface area (Å²) in [6.45, 7) is 3.22. The molecule has 3 heterocycles. The Morgan fingerprint density at radius 1 is 1.50 bits per heavy atom. The van der Waals surface area contributed by atoms with Crippen LogP contribution in [0.25, 0.3) is 11.0 Å². The van der Waals surface area contributed by atoms with Crippen molar-refractivity contribution in [2.75, 3.05) is 6.54 Å². The van der Waals surface area contributed by atoms with Gasteiger partial charge in [0.15, 0.2) is 0 Å². The summed E-state index contributed by atoms with van der Waals surface area (Å²) in [4.78, 5) is 7.57. The Kier molecular flexibility index (Phi) is 1.61. The number of rotatable bonds is 1. The first-order valence-electron chi connectivity index (χ1n) is 5.01. The molecule has 1 aliphatic heterocycles. The smallest absolute Gasteiger partial charge is 0.137 e. The van der Waals surface area contributed by atoms with Gasteiger partial charge in [-0.1, -0.05) is 0 Å². The molecule has 0 aromatic carbocycles. The van der Waals surface area contributed by atoms with Gasteiger partial charge in [0.1, 0.15) is 5.65 Å². The minimum absolute atomic E-state index is 0.535. The number of H-pyrrole nitrogens is 1. The predicted molar refractivity (Wildman–Crippen MR) is 56.2 cm³/mol. The third-order valence-electron chi connectivity index (χ3n) is 2.90. The number of aryl methyl sites for hydroxylation is 1. The SMILES string of the molecule is Cc1cnc2[nH]cc([C@H]3CCN3)c2c1. The van der Waals surface area contributed by atoms with E-state index in [9.17, 15) is 0 Å². The second-order valence-corrected chi connectivity index (χ2v) is 3.95. The van der Waals surface area contributed by atoms with Gasteiger partial charge in [-0.25, -0.2) is 4.98 Å². The molecule has 1 atom stereocenters. The number of aromatic nitrogens is 2. The Morgan fingerprint density at radius 2 is 2.36 bits per heavy atom. The summed E-state index contributed by atoms with van der Waals surface area (Å²) in [7, 11) is 0. The number of fused-ring (bicyclic) bond motifs is 1. The molecule has 2 N–H and O–H groups in total. The Labute approximate surface area is 82.5 Å². The monoisotopic (exact) mass is 187 g/mol. The van der Waals surface area contributed by atoms with E-state index in [0.29, 0.717) is 6.04 Å². The van der Waals surface area contributed by atoms with E-state index in [4.69, 9.17) is 0 Å². The largest absolute Gasteiger partial charge is 0.346 e. The molecule has 72 valence electrons. The van der Waals surface area contributed by atoms with Gasteiger partial charge in [-0.05, 0) is 37.1 Å². The van der Waals surface area contributed by atoms with Crippen molar-refractivity contribution < 1.29 is 0 Å². The maximum atomic E-state index is 4.36. The molecule has 0 saturated carbocycles. The van der Waals surface area contributed by atoms with Crippen LogP contribution >= 0.6 is 0 Å². The molecule has 3 heteroatoms. The van der Waals surface area contributed by atoms with Crippen molar-refractivity contribution in [3.63, 3.8) is 0 Å². The van der Waals surface area contributed by atoms with E-state index in [-0.39, 0.29) is 0 Å². The average Bonchev–Trinajstić information content (AvgIpc) is 2.46. The molecular formula is C11H13N3. The normalized spacial score (nSPS) is 21.1.